The third-order valence-corrected chi connectivity index (χ3v) is 4.10. The van der Waals surface area contributed by atoms with E-state index in [1.54, 1.807) is 12.1 Å². The number of nitrogens with zero attached hydrogens (tertiary/aromatic N) is 1. The average molecular weight is 295 g/mol. The highest BCUT2D eigenvalue weighted by Gasteiger charge is 2.25. The minimum Gasteiger partial charge on any atom is -0.399 e. The molecular weight excluding hydrogens is 274 g/mol. The zero-order valence-electron chi connectivity index (χ0n) is 12.8. The number of nitrogen functional groups attached to an aromatic ring is 1. The third-order valence-electron chi connectivity index (χ3n) is 4.10. The largest absolute Gasteiger partial charge is 0.399 e. The van der Waals surface area contributed by atoms with Crippen molar-refractivity contribution in [3.63, 3.8) is 0 Å². The zero-order chi connectivity index (χ0) is 15.5. The highest BCUT2D eigenvalue weighted by Crippen LogP contribution is 2.31. The van der Waals surface area contributed by atoms with E-state index < -0.39 is 0 Å². The standard InChI is InChI=1S/C18H21N3O/c1-13-11-14-5-2-3-8-17(14)21(13)10-9-18(22)20-16-7-4-6-15(19)12-16/h2-8,12-13H,9-11,19H2,1H3,(H,20,22). The van der Waals surface area contributed by atoms with Gasteiger partial charge >= 0.3 is 0 Å². The van der Waals surface area contributed by atoms with Crippen LogP contribution in [0.4, 0.5) is 17.1 Å². The maximum absolute atomic E-state index is 12.1. The fourth-order valence-electron chi connectivity index (χ4n) is 3.03. The molecule has 2 aromatic carbocycles. The summed E-state index contributed by atoms with van der Waals surface area (Å²) >= 11 is 0. The Morgan fingerprint density at radius 3 is 2.91 bits per heavy atom. The van der Waals surface area contributed by atoms with Crippen LogP contribution in [-0.2, 0) is 11.2 Å². The lowest BCUT2D eigenvalue weighted by Gasteiger charge is -2.24. The van der Waals surface area contributed by atoms with Gasteiger partial charge in [-0.2, -0.15) is 0 Å². The molecule has 0 aliphatic carbocycles. The molecule has 1 atom stereocenters. The number of para-hydroxylation sites is 1. The van der Waals surface area contributed by atoms with Crippen LogP contribution in [0.25, 0.3) is 0 Å². The van der Waals surface area contributed by atoms with Crippen molar-refractivity contribution in [3.05, 3.63) is 54.1 Å². The lowest BCUT2D eigenvalue weighted by molar-refractivity contribution is -0.116. The summed E-state index contributed by atoms with van der Waals surface area (Å²) < 4.78 is 0. The number of nitrogens with two attached hydrogens (primary N) is 1. The van der Waals surface area contributed by atoms with Crippen LogP contribution in [-0.4, -0.2) is 18.5 Å². The first-order chi connectivity index (χ1) is 10.6. The van der Waals surface area contributed by atoms with E-state index in [0.29, 0.717) is 18.2 Å². The molecule has 0 saturated heterocycles. The van der Waals surface area contributed by atoms with Crippen molar-refractivity contribution in [3.8, 4) is 0 Å². The highest BCUT2D eigenvalue weighted by atomic mass is 16.1. The van der Waals surface area contributed by atoms with Crippen LogP contribution in [0.15, 0.2) is 48.5 Å². The normalized spacial score (nSPS) is 16.4. The second-order valence-electron chi connectivity index (χ2n) is 5.80. The van der Waals surface area contributed by atoms with Gasteiger partial charge in [-0.15, -0.1) is 0 Å². The molecule has 1 heterocycles. The second kappa shape index (κ2) is 6.10. The van der Waals surface area contributed by atoms with Crippen LogP contribution in [0.1, 0.15) is 18.9 Å². The molecule has 0 saturated carbocycles. The quantitative estimate of drug-likeness (QED) is 0.852. The first-order valence-electron chi connectivity index (χ1n) is 7.63. The van der Waals surface area contributed by atoms with Crippen LogP contribution >= 0.6 is 0 Å². The van der Waals surface area contributed by atoms with E-state index in [4.69, 9.17) is 5.73 Å². The monoisotopic (exact) mass is 295 g/mol. The summed E-state index contributed by atoms with van der Waals surface area (Å²) in [7, 11) is 0. The summed E-state index contributed by atoms with van der Waals surface area (Å²) in [6, 6.07) is 16.1. The molecule has 4 nitrogen and oxygen atoms in total. The van der Waals surface area contributed by atoms with Gasteiger partial charge in [0.15, 0.2) is 0 Å². The van der Waals surface area contributed by atoms with Gasteiger partial charge in [-0.3, -0.25) is 4.79 Å². The van der Waals surface area contributed by atoms with Crippen LogP contribution < -0.4 is 16.0 Å². The van der Waals surface area contributed by atoms with E-state index in [9.17, 15) is 4.79 Å². The molecule has 4 heteroatoms. The van der Waals surface area contributed by atoms with Crippen molar-refractivity contribution in [2.45, 2.75) is 25.8 Å². The van der Waals surface area contributed by atoms with Gasteiger partial charge in [0, 0.05) is 36.1 Å². The van der Waals surface area contributed by atoms with E-state index in [1.165, 1.54) is 11.3 Å². The average Bonchev–Trinajstić information content (AvgIpc) is 2.80. The maximum Gasteiger partial charge on any atom is 0.226 e. The number of carbonyl (C=O) groups is 1. The number of anilines is 3. The number of benzene rings is 2. The number of nitrogens with one attached hydrogen (secondary N) is 1. The number of rotatable bonds is 4. The fraction of sp³-hybridized carbons (Fsp3) is 0.278. The summed E-state index contributed by atoms with van der Waals surface area (Å²) in [5.41, 5.74) is 9.75. The Morgan fingerprint density at radius 1 is 1.27 bits per heavy atom. The van der Waals surface area contributed by atoms with Gasteiger partial charge in [0.1, 0.15) is 0 Å². The molecule has 1 amide bonds. The molecule has 2 aromatic rings. The van der Waals surface area contributed by atoms with Crippen molar-refractivity contribution < 1.29 is 4.79 Å². The SMILES string of the molecule is CC1Cc2ccccc2N1CCC(=O)Nc1cccc(N)c1. The van der Waals surface area contributed by atoms with Crippen molar-refractivity contribution in [2.24, 2.45) is 0 Å². The van der Waals surface area contributed by atoms with Gasteiger partial charge in [-0.25, -0.2) is 0 Å². The number of hydrogen-bond donors (Lipinski definition) is 2. The Bertz CT molecular complexity index is 684. The van der Waals surface area contributed by atoms with Gasteiger partial charge < -0.3 is 16.0 Å². The van der Waals surface area contributed by atoms with E-state index in [2.05, 4.69) is 41.4 Å². The molecule has 114 valence electrons. The van der Waals surface area contributed by atoms with E-state index in [1.807, 2.05) is 12.1 Å². The van der Waals surface area contributed by atoms with Crippen molar-refractivity contribution >= 4 is 23.0 Å². The predicted octanol–water partition coefficient (Wildman–Crippen LogP) is 3.05. The highest BCUT2D eigenvalue weighted by molar-refractivity contribution is 5.91. The zero-order valence-corrected chi connectivity index (χ0v) is 12.8. The number of amides is 1. The molecule has 22 heavy (non-hydrogen) atoms. The van der Waals surface area contributed by atoms with Crippen LogP contribution in [0.3, 0.4) is 0 Å². The van der Waals surface area contributed by atoms with Crippen molar-refractivity contribution in [2.75, 3.05) is 22.5 Å². The van der Waals surface area contributed by atoms with Crippen LogP contribution in [0, 0.1) is 0 Å². The first kappa shape index (κ1) is 14.4. The van der Waals surface area contributed by atoms with E-state index in [0.717, 1.165) is 18.7 Å². The smallest absolute Gasteiger partial charge is 0.226 e. The fourth-order valence-corrected chi connectivity index (χ4v) is 3.03. The Hall–Kier alpha value is -2.49. The molecule has 0 spiro atoms. The van der Waals surface area contributed by atoms with Crippen molar-refractivity contribution in [1.29, 1.82) is 0 Å². The van der Waals surface area contributed by atoms with Crippen LogP contribution in [0.5, 0.6) is 0 Å². The Kier molecular flexibility index (Phi) is 4.00. The summed E-state index contributed by atoms with van der Waals surface area (Å²) in [6.45, 7) is 2.93. The van der Waals surface area contributed by atoms with Gasteiger partial charge in [-0.05, 0) is 43.2 Å². The van der Waals surface area contributed by atoms with Gasteiger partial charge in [0.25, 0.3) is 0 Å². The summed E-state index contributed by atoms with van der Waals surface area (Å²) in [6.07, 6.45) is 1.51. The van der Waals surface area contributed by atoms with Gasteiger partial charge in [0.05, 0.1) is 0 Å². The maximum atomic E-state index is 12.1. The van der Waals surface area contributed by atoms with Crippen molar-refractivity contribution in [1.82, 2.24) is 0 Å². The minimum absolute atomic E-state index is 0.0159. The topological polar surface area (TPSA) is 58.4 Å². The molecule has 1 unspecified atom stereocenters. The third kappa shape index (κ3) is 3.06. The summed E-state index contributed by atoms with van der Waals surface area (Å²) in [5, 5.41) is 2.90. The Balaban J connectivity index is 1.60. The molecule has 0 fully saturated rings. The molecular formula is C18H21N3O. The van der Waals surface area contributed by atoms with E-state index in [-0.39, 0.29) is 5.91 Å². The predicted molar refractivity (Wildman–Crippen MR) is 91.1 cm³/mol. The lowest BCUT2D eigenvalue weighted by Crippen LogP contribution is -2.32. The number of fused-ring (bicyclic) bond motifs is 1. The Morgan fingerprint density at radius 2 is 2.09 bits per heavy atom. The Labute approximate surface area is 130 Å². The number of hydrogen-bond acceptors (Lipinski definition) is 3. The van der Waals surface area contributed by atoms with Gasteiger partial charge in [0.2, 0.25) is 5.91 Å². The molecule has 0 radical (unpaired) electrons. The lowest BCUT2D eigenvalue weighted by atomic mass is 10.1. The summed E-state index contributed by atoms with van der Waals surface area (Å²) in [4.78, 5) is 14.4. The number of carbonyl (C=O) groups excluding carboxylic acids is 1. The van der Waals surface area contributed by atoms with E-state index >= 15 is 0 Å². The van der Waals surface area contributed by atoms with Gasteiger partial charge in [-0.1, -0.05) is 24.3 Å². The minimum atomic E-state index is 0.0159. The second-order valence-corrected chi connectivity index (χ2v) is 5.80. The molecule has 1 aliphatic heterocycles. The molecule has 1 aliphatic rings. The van der Waals surface area contributed by atoms with Crippen LogP contribution in [0.2, 0.25) is 0 Å². The molecule has 0 bridgehead atoms. The molecule has 3 N–H and O–H groups in total. The first-order valence-corrected chi connectivity index (χ1v) is 7.63. The molecule has 0 aromatic heterocycles. The summed E-state index contributed by atoms with van der Waals surface area (Å²) in [5.74, 6) is 0.0159. The molecule has 3 rings (SSSR count).